The lowest BCUT2D eigenvalue weighted by molar-refractivity contribution is 0.101. The molecule has 0 bridgehead atoms. The molecule has 0 aliphatic carbocycles. The molecule has 1 rings (SSSR count). The van der Waals surface area contributed by atoms with Crippen LogP contribution in [0.3, 0.4) is 0 Å². The van der Waals surface area contributed by atoms with E-state index in [1.54, 1.807) is 18.2 Å². The molecule has 0 aromatic heterocycles. The van der Waals surface area contributed by atoms with Gasteiger partial charge in [-0.25, -0.2) is 8.42 Å². The normalized spacial score (nSPS) is 11.1. The Morgan fingerprint density at radius 1 is 1.40 bits per heavy atom. The Morgan fingerprint density at radius 2 is 2.00 bits per heavy atom. The summed E-state index contributed by atoms with van der Waals surface area (Å²) in [4.78, 5) is 11.0. The SMILES string of the molecule is CC(=O)c1ccc(NS(C)(=O)=O)c(Br)c1. The van der Waals surface area contributed by atoms with Gasteiger partial charge in [0.2, 0.25) is 10.0 Å². The zero-order valence-electron chi connectivity index (χ0n) is 8.24. The summed E-state index contributed by atoms with van der Waals surface area (Å²) >= 11 is 3.19. The first-order valence-corrected chi connectivity index (χ1v) is 6.76. The van der Waals surface area contributed by atoms with Gasteiger partial charge in [-0.3, -0.25) is 9.52 Å². The zero-order valence-corrected chi connectivity index (χ0v) is 10.6. The summed E-state index contributed by atoms with van der Waals surface area (Å²) in [7, 11) is -3.30. The van der Waals surface area contributed by atoms with Crippen LogP contribution in [-0.4, -0.2) is 20.5 Å². The Kier molecular flexibility index (Phi) is 3.51. The van der Waals surface area contributed by atoms with E-state index in [9.17, 15) is 13.2 Å². The largest absolute Gasteiger partial charge is 0.295 e. The van der Waals surface area contributed by atoms with Crippen LogP contribution in [0.1, 0.15) is 17.3 Å². The van der Waals surface area contributed by atoms with Crippen LogP contribution in [0, 0.1) is 0 Å². The molecule has 0 atom stereocenters. The zero-order chi connectivity index (χ0) is 11.6. The average molecular weight is 292 g/mol. The van der Waals surface area contributed by atoms with E-state index in [0.717, 1.165) is 6.26 Å². The lowest BCUT2D eigenvalue weighted by atomic mass is 10.1. The maximum absolute atomic E-state index is 11.0. The van der Waals surface area contributed by atoms with Crippen molar-refractivity contribution in [2.75, 3.05) is 11.0 Å². The molecule has 0 saturated heterocycles. The number of sulfonamides is 1. The fraction of sp³-hybridized carbons (Fsp3) is 0.222. The van der Waals surface area contributed by atoms with Crippen molar-refractivity contribution in [2.45, 2.75) is 6.92 Å². The van der Waals surface area contributed by atoms with Gasteiger partial charge in [0.1, 0.15) is 0 Å². The van der Waals surface area contributed by atoms with Crippen molar-refractivity contribution in [1.29, 1.82) is 0 Å². The van der Waals surface area contributed by atoms with Crippen molar-refractivity contribution in [3.63, 3.8) is 0 Å². The maximum Gasteiger partial charge on any atom is 0.229 e. The minimum absolute atomic E-state index is 0.0680. The molecular weight excluding hydrogens is 282 g/mol. The number of Topliss-reactive ketones (excluding diaryl/α,β-unsaturated/α-hetero) is 1. The number of carbonyl (C=O) groups is 1. The van der Waals surface area contributed by atoms with Crippen LogP contribution in [0.15, 0.2) is 22.7 Å². The summed E-state index contributed by atoms with van der Waals surface area (Å²) < 4.78 is 24.8. The van der Waals surface area contributed by atoms with E-state index in [2.05, 4.69) is 20.7 Å². The van der Waals surface area contributed by atoms with E-state index in [1.165, 1.54) is 6.92 Å². The Labute approximate surface area is 96.9 Å². The minimum Gasteiger partial charge on any atom is -0.295 e. The van der Waals surface area contributed by atoms with Crippen LogP contribution >= 0.6 is 15.9 Å². The van der Waals surface area contributed by atoms with E-state index >= 15 is 0 Å². The van der Waals surface area contributed by atoms with Crippen LogP contribution < -0.4 is 4.72 Å². The summed E-state index contributed by atoms with van der Waals surface area (Å²) in [5.74, 6) is -0.0680. The molecule has 82 valence electrons. The van der Waals surface area contributed by atoms with Crippen molar-refractivity contribution in [2.24, 2.45) is 0 Å². The van der Waals surface area contributed by atoms with Crippen LogP contribution in [0.4, 0.5) is 5.69 Å². The number of carbonyl (C=O) groups excluding carboxylic acids is 1. The first-order chi connectivity index (χ1) is 6.79. The quantitative estimate of drug-likeness (QED) is 0.867. The minimum atomic E-state index is -3.30. The molecule has 0 heterocycles. The molecular formula is C9H10BrNO3S. The molecule has 0 aliphatic heterocycles. The smallest absolute Gasteiger partial charge is 0.229 e. The van der Waals surface area contributed by atoms with Gasteiger partial charge in [0, 0.05) is 10.0 Å². The third-order valence-electron chi connectivity index (χ3n) is 1.67. The molecule has 0 spiro atoms. The highest BCUT2D eigenvalue weighted by molar-refractivity contribution is 9.10. The predicted octanol–water partition coefficient (Wildman–Crippen LogP) is 2.02. The molecule has 4 nitrogen and oxygen atoms in total. The molecule has 0 amide bonds. The second-order valence-electron chi connectivity index (χ2n) is 3.13. The number of hydrogen-bond donors (Lipinski definition) is 1. The van der Waals surface area contributed by atoms with Crippen molar-refractivity contribution < 1.29 is 13.2 Å². The second-order valence-corrected chi connectivity index (χ2v) is 5.73. The standard InChI is InChI=1S/C9H10BrNO3S/c1-6(12)7-3-4-9(8(10)5-7)11-15(2,13)14/h3-5,11H,1-2H3. The Bertz CT molecular complexity index is 496. The molecule has 6 heteroatoms. The van der Waals surface area contributed by atoms with Gasteiger partial charge in [-0.2, -0.15) is 0 Å². The second kappa shape index (κ2) is 4.32. The van der Waals surface area contributed by atoms with Gasteiger partial charge in [-0.05, 0) is 41.1 Å². The lowest BCUT2D eigenvalue weighted by Gasteiger charge is -2.07. The predicted molar refractivity (Wildman–Crippen MR) is 62.6 cm³/mol. The summed E-state index contributed by atoms with van der Waals surface area (Å²) in [5, 5.41) is 0. The third kappa shape index (κ3) is 3.64. The van der Waals surface area contributed by atoms with Crippen molar-refractivity contribution >= 4 is 37.4 Å². The maximum atomic E-state index is 11.0. The molecule has 15 heavy (non-hydrogen) atoms. The van der Waals surface area contributed by atoms with Crippen LogP contribution in [0.2, 0.25) is 0 Å². The summed E-state index contributed by atoms with van der Waals surface area (Å²) in [6.45, 7) is 1.45. The number of rotatable bonds is 3. The Balaban J connectivity index is 3.09. The van der Waals surface area contributed by atoms with E-state index < -0.39 is 10.0 Å². The number of anilines is 1. The van der Waals surface area contributed by atoms with Crippen molar-refractivity contribution in [3.8, 4) is 0 Å². The topological polar surface area (TPSA) is 63.2 Å². The Morgan fingerprint density at radius 3 is 2.40 bits per heavy atom. The highest BCUT2D eigenvalue weighted by Crippen LogP contribution is 2.24. The summed E-state index contributed by atoms with van der Waals surface area (Å²) in [6, 6.07) is 4.69. The highest BCUT2D eigenvalue weighted by atomic mass is 79.9. The summed E-state index contributed by atoms with van der Waals surface area (Å²) in [6.07, 6.45) is 1.07. The molecule has 0 unspecified atom stereocenters. The van der Waals surface area contributed by atoms with Crippen LogP contribution in [-0.2, 0) is 10.0 Å². The van der Waals surface area contributed by atoms with E-state index in [-0.39, 0.29) is 5.78 Å². The number of nitrogens with one attached hydrogen (secondary N) is 1. The van der Waals surface area contributed by atoms with E-state index in [4.69, 9.17) is 0 Å². The number of halogens is 1. The van der Waals surface area contributed by atoms with Gasteiger partial charge in [0.25, 0.3) is 0 Å². The molecule has 0 radical (unpaired) electrons. The summed E-state index contributed by atoms with van der Waals surface area (Å²) in [5.41, 5.74) is 0.948. The van der Waals surface area contributed by atoms with Crippen molar-refractivity contribution in [3.05, 3.63) is 28.2 Å². The fourth-order valence-electron chi connectivity index (χ4n) is 1.02. The van der Waals surface area contributed by atoms with E-state index in [0.29, 0.717) is 15.7 Å². The van der Waals surface area contributed by atoms with Gasteiger partial charge in [-0.1, -0.05) is 0 Å². The number of ketones is 1. The van der Waals surface area contributed by atoms with Gasteiger partial charge in [-0.15, -0.1) is 0 Å². The van der Waals surface area contributed by atoms with E-state index in [1.807, 2.05) is 0 Å². The molecule has 1 aromatic carbocycles. The molecule has 0 saturated carbocycles. The first kappa shape index (κ1) is 12.2. The fourth-order valence-corrected chi connectivity index (χ4v) is 2.20. The monoisotopic (exact) mass is 291 g/mol. The number of hydrogen-bond acceptors (Lipinski definition) is 3. The van der Waals surface area contributed by atoms with Crippen LogP contribution in [0.5, 0.6) is 0 Å². The van der Waals surface area contributed by atoms with Crippen LogP contribution in [0.25, 0.3) is 0 Å². The Hall–Kier alpha value is -0.880. The third-order valence-corrected chi connectivity index (χ3v) is 2.92. The van der Waals surface area contributed by atoms with Gasteiger partial charge < -0.3 is 0 Å². The first-order valence-electron chi connectivity index (χ1n) is 4.08. The molecule has 0 aliphatic rings. The molecule has 1 aromatic rings. The molecule has 0 fully saturated rings. The van der Waals surface area contributed by atoms with Gasteiger partial charge >= 0.3 is 0 Å². The van der Waals surface area contributed by atoms with Gasteiger partial charge in [0.15, 0.2) is 5.78 Å². The average Bonchev–Trinajstić information content (AvgIpc) is 2.05. The lowest BCUT2D eigenvalue weighted by Crippen LogP contribution is -2.10. The van der Waals surface area contributed by atoms with Crippen molar-refractivity contribution in [1.82, 2.24) is 0 Å². The molecule has 1 N–H and O–H groups in total. The highest BCUT2D eigenvalue weighted by Gasteiger charge is 2.07. The van der Waals surface area contributed by atoms with Gasteiger partial charge in [0.05, 0.1) is 11.9 Å². The number of benzene rings is 1.